The number of hydrogen-bond acceptors (Lipinski definition) is 5. The van der Waals surface area contributed by atoms with E-state index in [0.29, 0.717) is 28.8 Å². The molecule has 2 aromatic rings. The molecule has 0 fully saturated rings. The third-order valence-electron chi connectivity index (χ3n) is 7.02. The highest BCUT2D eigenvalue weighted by molar-refractivity contribution is 9.10. The molecule has 1 amide bonds. The summed E-state index contributed by atoms with van der Waals surface area (Å²) in [7, 11) is 1.97. The number of amides is 1. The van der Waals surface area contributed by atoms with Crippen molar-refractivity contribution < 1.29 is 23.5 Å². The van der Waals surface area contributed by atoms with E-state index in [9.17, 15) is 18.8 Å². The average molecular weight is 553 g/mol. The fraction of sp³-hybridized carbons (Fsp3) is 0.321. The lowest BCUT2D eigenvalue weighted by atomic mass is 9.71. The van der Waals surface area contributed by atoms with Crippen molar-refractivity contribution in [3.05, 3.63) is 80.9 Å². The Hall–Kier alpha value is -3.26. The molecule has 6 nitrogen and oxygen atoms in total. The van der Waals surface area contributed by atoms with E-state index in [2.05, 4.69) is 26.1 Å². The maximum atomic E-state index is 13.1. The molecule has 0 aromatic heterocycles. The first-order chi connectivity index (χ1) is 17.3. The first kappa shape index (κ1) is 24.4. The van der Waals surface area contributed by atoms with Crippen LogP contribution in [0.25, 0.3) is 0 Å². The Kier molecular flexibility index (Phi) is 6.79. The van der Waals surface area contributed by atoms with Crippen LogP contribution in [-0.2, 0) is 14.4 Å². The molecule has 0 unspecified atom stereocenters. The second-order valence-electron chi connectivity index (χ2n) is 9.30. The van der Waals surface area contributed by atoms with E-state index in [0.717, 1.165) is 53.8 Å². The summed E-state index contributed by atoms with van der Waals surface area (Å²) in [6, 6.07) is 11.0. The van der Waals surface area contributed by atoms with Gasteiger partial charge in [0.1, 0.15) is 11.6 Å². The smallest absolute Gasteiger partial charge is 0.262 e. The molecule has 0 spiro atoms. The predicted molar refractivity (Wildman–Crippen MR) is 137 cm³/mol. The quantitative estimate of drug-likeness (QED) is 0.518. The summed E-state index contributed by atoms with van der Waals surface area (Å²) in [6.45, 7) is -0.231. The number of carbonyl (C=O) groups is 3. The molecule has 2 aromatic carbocycles. The lowest BCUT2D eigenvalue weighted by Gasteiger charge is -2.42. The average Bonchev–Trinajstić information content (AvgIpc) is 2.86. The molecule has 2 aliphatic carbocycles. The largest absolute Gasteiger partial charge is 0.483 e. The summed E-state index contributed by atoms with van der Waals surface area (Å²) in [5.41, 5.74) is 4.85. The number of hydrogen-bond donors (Lipinski definition) is 1. The second kappa shape index (κ2) is 10.0. The molecule has 5 rings (SSSR count). The Morgan fingerprint density at radius 2 is 1.61 bits per heavy atom. The molecule has 0 saturated carbocycles. The summed E-state index contributed by atoms with van der Waals surface area (Å²) < 4.78 is 19.4. The predicted octanol–water partition coefficient (Wildman–Crippen LogP) is 5.65. The van der Waals surface area contributed by atoms with Gasteiger partial charge in [0.25, 0.3) is 5.91 Å². The second-order valence-corrected chi connectivity index (χ2v) is 10.2. The van der Waals surface area contributed by atoms with Crippen molar-refractivity contribution in [2.45, 2.75) is 44.4 Å². The van der Waals surface area contributed by atoms with Crippen LogP contribution in [0.15, 0.2) is 69.5 Å². The van der Waals surface area contributed by atoms with Crippen molar-refractivity contribution in [1.29, 1.82) is 0 Å². The van der Waals surface area contributed by atoms with E-state index in [1.54, 1.807) is 6.07 Å². The number of ketones is 2. The summed E-state index contributed by atoms with van der Waals surface area (Å²) in [5.74, 6) is -0.473. The maximum absolute atomic E-state index is 13.1. The van der Waals surface area contributed by atoms with Gasteiger partial charge < -0.3 is 15.0 Å². The Labute approximate surface area is 217 Å². The molecule has 0 saturated heterocycles. The van der Waals surface area contributed by atoms with Gasteiger partial charge in [0.05, 0.1) is 4.47 Å². The fourth-order valence-electron chi connectivity index (χ4n) is 5.37. The summed E-state index contributed by atoms with van der Waals surface area (Å²) in [4.78, 5) is 40.6. The van der Waals surface area contributed by atoms with Crippen LogP contribution in [-0.4, -0.2) is 36.0 Å². The summed E-state index contributed by atoms with van der Waals surface area (Å²) in [6.07, 6.45) is 4.27. The highest BCUT2D eigenvalue weighted by Gasteiger charge is 2.42. The number of nitrogens with one attached hydrogen (secondary N) is 1. The highest BCUT2D eigenvalue weighted by Crippen LogP contribution is 2.49. The number of allylic oxidation sites excluding steroid dienone is 4. The molecule has 3 aliphatic rings. The third kappa shape index (κ3) is 4.62. The van der Waals surface area contributed by atoms with Gasteiger partial charge in [-0.1, -0.05) is 6.07 Å². The normalized spacial score (nSPS) is 18.2. The number of benzene rings is 2. The van der Waals surface area contributed by atoms with Crippen LogP contribution in [0.3, 0.4) is 0 Å². The Morgan fingerprint density at radius 1 is 1.00 bits per heavy atom. The van der Waals surface area contributed by atoms with Gasteiger partial charge in [0, 0.05) is 54.0 Å². The van der Waals surface area contributed by atoms with E-state index in [1.165, 1.54) is 24.3 Å². The zero-order valence-corrected chi connectivity index (χ0v) is 21.5. The van der Waals surface area contributed by atoms with E-state index in [4.69, 9.17) is 4.74 Å². The zero-order valence-electron chi connectivity index (χ0n) is 19.9. The molecule has 1 aliphatic heterocycles. The minimum atomic E-state index is -0.390. The Bertz CT molecular complexity index is 1270. The van der Waals surface area contributed by atoms with E-state index in [-0.39, 0.29) is 35.8 Å². The molecule has 8 heteroatoms. The zero-order chi connectivity index (χ0) is 25.4. The van der Waals surface area contributed by atoms with Gasteiger partial charge in [0.2, 0.25) is 0 Å². The van der Waals surface area contributed by atoms with Crippen molar-refractivity contribution in [2.75, 3.05) is 19.0 Å². The molecular weight excluding hydrogens is 527 g/mol. The van der Waals surface area contributed by atoms with Crippen molar-refractivity contribution >= 4 is 39.1 Å². The van der Waals surface area contributed by atoms with Crippen molar-refractivity contribution in [3.63, 3.8) is 0 Å². The fourth-order valence-corrected chi connectivity index (χ4v) is 5.88. The first-order valence-corrected chi connectivity index (χ1v) is 12.9. The van der Waals surface area contributed by atoms with Crippen molar-refractivity contribution in [1.82, 2.24) is 4.90 Å². The van der Waals surface area contributed by atoms with Crippen LogP contribution in [0.4, 0.5) is 10.1 Å². The first-order valence-electron chi connectivity index (χ1n) is 12.1. The molecule has 0 radical (unpaired) electrons. The molecule has 186 valence electrons. The molecule has 0 atom stereocenters. The van der Waals surface area contributed by atoms with Gasteiger partial charge in [-0.2, -0.15) is 0 Å². The number of halogens is 2. The number of anilines is 1. The van der Waals surface area contributed by atoms with Gasteiger partial charge in [0.15, 0.2) is 18.2 Å². The van der Waals surface area contributed by atoms with Crippen molar-refractivity contribution in [3.8, 4) is 5.75 Å². The van der Waals surface area contributed by atoms with E-state index < -0.39 is 0 Å². The molecular formula is C28H26BrFN2O4. The summed E-state index contributed by atoms with van der Waals surface area (Å²) >= 11 is 3.55. The number of ether oxygens (including phenoxy) is 1. The maximum Gasteiger partial charge on any atom is 0.262 e. The molecule has 0 bridgehead atoms. The van der Waals surface area contributed by atoms with Crippen LogP contribution >= 0.6 is 15.9 Å². The molecule has 1 heterocycles. The van der Waals surface area contributed by atoms with Gasteiger partial charge in [-0.15, -0.1) is 0 Å². The minimum Gasteiger partial charge on any atom is -0.483 e. The van der Waals surface area contributed by atoms with Crippen LogP contribution < -0.4 is 10.1 Å². The van der Waals surface area contributed by atoms with Gasteiger partial charge in [-0.25, -0.2) is 4.39 Å². The van der Waals surface area contributed by atoms with Gasteiger partial charge >= 0.3 is 0 Å². The van der Waals surface area contributed by atoms with Crippen LogP contribution in [0, 0.1) is 5.82 Å². The van der Waals surface area contributed by atoms with E-state index >= 15 is 0 Å². The number of Topliss-reactive ketones (excluding diaryl/α,β-unsaturated/α-hetero) is 2. The number of rotatable bonds is 5. The third-order valence-corrected chi connectivity index (χ3v) is 7.64. The lowest BCUT2D eigenvalue weighted by Crippen LogP contribution is -2.37. The van der Waals surface area contributed by atoms with Crippen LogP contribution in [0.5, 0.6) is 5.75 Å². The molecule has 1 N–H and O–H groups in total. The van der Waals surface area contributed by atoms with E-state index in [1.807, 2.05) is 19.2 Å². The minimum absolute atomic E-state index is 0.104. The Balaban J connectivity index is 1.40. The number of nitrogens with zero attached hydrogens (tertiary/aromatic N) is 1. The lowest BCUT2D eigenvalue weighted by molar-refractivity contribution is -0.118. The Morgan fingerprint density at radius 3 is 2.19 bits per heavy atom. The van der Waals surface area contributed by atoms with Crippen LogP contribution in [0.1, 0.15) is 50.0 Å². The van der Waals surface area contributed by atoms with Gasteiger partial charge in [-0.05, 0) is 83.6 Å². The van der Waals surface area contributed by atoms with Gasteiger partial charge in [-0.3, -0.25) is 14.4 Å². The van der Waals surface area contributed by atoms with Crippen molar-refractivity contribution in [2.24, 2.45) is 0 Å². The number of carbonyl (C=O) groups excluding carboxylic acids is 3. The van der Waals surface area contributed by atoms with Crippen LogP contribution in [0.2, 0.25) is 0 Å². The monoisotopic (exact) mass is 552 g/mol. The standard InChI is InChI=1S/C28H26BrFN2O4/c1-32-20-4-2-6-22(33)27(20)26(28-21(32)5-3-7-23(28)34)16-8-13-24(19(29)14-16)36-15-25(35)31-18-11-9-17(30)10-12-18/h8-14,26H,2-7,15H2,1H3,(H,31,35). The SMILES string of the molecule is CN1C2=C(C(=O)CCC2)C(c2ccc(OCC(=O)Nc3ccc(F)cc3)c(Br)c2)C2=C1CCCC2=O. The highest BCUT2D eigenvalue weighted by atomic mass is 79.9. The topological polar surface area (TPSA) is 75.7 Å². The molecule has 36 heavy (non-hydrogen) atoms. The summed E-state index contributed by atoms with van der Waals surface area (Å²) in [5, 5.41) is 2.66.